The van der Waals surface area contributed by atoms with E-state index in [1.807, 2.05) is 42.5 Å². The molecular formula is C28H37Cl2N5O. The topological polar surface area (TPSA) is 60.0 Å². The molecule has 36 heavy (non-hydrogen) atoms. The van der Waals surface area contributed by atoms with Crippen molar-refractivity contribution in [1.82, 2.24) is 20.7 Å². The van der Waals surface area contributed by atoms with Gasteiger partial charge in [-0.2, -0.15) is 0 Å². The lowest BCUT2D eigenvalue weighted by atomic mass is 9.96. The molecule has 2 fully saturated rings. The van der Waals surface area contributed by atoms with Gasteiger partial charge in [0, 0.05) is 47.3 Å². The van der Waals surface area contributed by atoms with Crippen LogP contribution < -0.4 is 10.7 Å². The van der Waals surface area contributed by atoms with Gasteiger partial charge in [0.1, 0.15) is 0 Å². The first-order valence-corrected chi connectivity index (χ1v) is 13.8. The Hall–Kier alpha value is -2.28. The quantitative estimate of drug-likeness (QED) is 0.302. The van der Waals surface area contributed by atoms with Gasteiger partial charge < -0.3 is 10.2 Å². The molecule has 1 saturated carbocycles. The summed E-state index contributed by atoms with van der Waals surface area (Å²) in [5.74, 6) is 0.696. The van der Waals surface area contributed by atoms with Crippen LogP contribution in [0.3, 0.4) is 0 Å². The van der Waals surface area contributed by atoms with Crippen molar-refractivity contribution in [2.45, 2.75) is 70.5 Å². The minimum atomic E-state index is -0.0896. The van der Waals surface area contributed by atoms with Crippen molar-refractivity contribution in [3.8, 4) is 0 Å². The highest BCUT2D eigenvalue weighted by atomic mass is 35.5. The van der Waals surface area contributed by atoms with Crippen molar-refractivity contribution in [2.75, 3.05) is 19.6 Å². The SMILES string of the molecule is CC1CN(C(=NC2CCCCC2)NN(CCc2ccc(Cl)cc2Cl)C(=O)c2ccccc2)CC(C)N1. The van der Waals surface area contributed by atoms with Crippen LogP contribution in [0.4, 0.5) is 0 Å². The van der Waals surface area contributed by atoms with Gasteiger partial charge in [-0.3, -0.25) is 10.2 Å². The number of carbonyl (C=O) groups excluding carboxylic acids is 1. The van der Waals surface area contributed by atoms with E-state index in [0.29, 0.717) is 40.7 Å². The summed E-state index contributed by atoms with van der Waals surface area (Å²) in [4.78, 5) is 21.2. The molecular weight excluding hydrogens is 493 g/mol. The Morgan fingerprint density at radius 2 is 1.75 bits per heavy atom. The number of nitrogens with one attached hydrogen (secondary N) is 2. The summed E-state index contributed by atoms with van der Waals surface area (Å²) in [5, 5.41) is 6.50. The molecule has 1 aliphatic heterocycles. The first-order valence-electron chi connectivity index (χ1n) is 13.1. The maximum atomic E-state index is 13.7. The second-order valence-corrected chi connectivity index (χ2v) is 10.9. The third-order valence-corrected chi connectivity index (χ3v) is 7.44. The van der Waals surface area contributed by atoms with Crippen molar-refractivity contribution in [3.63, 3.8) is 0 Å². The highest BCUT2D eigenvalue weighted by molar-refractivity contribution is 6.35. The minimum absolute atomic E-state index is 0.0896. The Morgan fingerprint density at radius 3 is 2.42 bits per heavy atom. The number of halogens is 2. The van der Waals surface area contributed by atoms with E-state index in [4.69, 9.17) is 28.2 Å². The maximum Gasteiger partial charge on any atom is 0.272 e. The molecule has 4 rings (SSSR count). The number of nitrogens with zero attached hydrogens (tertiary/aromatic N) is 3. The second kappa shape index (κ2) is 12.8. The average molecular weight is 531 g/mol. The van der Waals surface area contributed by atoms with Gasteiger partial charge in [0.15, 0.2) is 0 Å². The van der Waals surface area contributed by atoms with Crippen LogP contribution in [0.25, 0.3) is 0 Å². The Kier molecular flexibility index (Phi) is 9.52. The van der Waals surface area contributed by atoms with E-state index in [1.54, 1.807) is 11.1 Å². The largest absolute Gasteiger partial charge is 0.338 e. The fraction of sp³-hybridized carbons (Fsp3) is 0.500. The zero-order valence-corrected chi connectivity index (χ0v) is 22.7. The fourth-order valence-electron chi connectivity index (χ4n) is 5.09. The summed E-state index contributed by atoms with van der Waals surface area (Å²) in [5.41, 5.74) is 5.05. The molecule has 8 heteroatoms. The van der Waals surface area contributed by atoms with E-state index in [9.17, 15) is 4.79 Å². The number of aliphatic imine (C=N–C) groups is 1. The van der Waals surface area contributed by atoms with E-state index in [0.717, 1.165) is 37.5 Å². The molecule has 0 bridgehead atoms. The van der Waals surface area contributed by atoms with E-state index in [1.165, 1.54) is 19.3 Å². The average Bonchev–Trinajstić information content (AvgIpc) is 2.87. The van der Waals surface area contributed by atoms with Gasteiger partial charge in [-0.25, -0.2) is 10.0 Å². The summed E-state index contributed by atoms with van der Waals surface area (Å²) >= 11 is 12.5. The molecule has 2 aliphatic rings. The molecule has 2 atom stereocenters. The van der Waals surface area contributed by atoms with Gasteiger partial charge in [-0.15, -0.1) is 0 Å². The molecule has 6 nitrogen and oxygen atoms in total. The number of amides is 1. The number of rotatable bonds is 5. The highest BCUT2D eigenvalue weighted by Crippen LogP contribution is 2.23. The van der Waals surface area contributed by atoms with Crippen LogP contribution in [0.5, 0.6) is 0 Å². The lowest BCUT2D eigenvalue weighted by Crippen LogP contribution is -2.61. The highest BCUT2D eigenvalue weighted by Gasteiger charge is 2.27. The van der Waals surface area contributed by atoms with Crippen LogP contribution in [-0.2, 0) is 6.42 Å². The predicted octanol–water partition coefficient (Wildman–Crippen LogP) is 5.55. The molecule has 0 spiro atoms. The molecule has 1 heterocycles. The van der Waals surface area contributed by atoms with E-state index in [2.05, 4.69) is 29.5 Å². The fourth-order valence-corrected chi connectivity index (χ4v) is 5.59. The Morgan fingerprint density at radius 1 is 1.06 bits per heavy atom. The van der Waals surface area contributed by atoms with Gasteiger partial charge >= 0.3 is 0 Å². The monoisotopic (exact) mass is 529 g/mol. The molecule has 0 radical (unpaired) electrons. The number of hydrogen-bond acceptors (Lipinski definition) is 3. The standard InChI is InChI=1S/C28H37Cl2N5O/c1-20-18-34(19-21(2)31-20)28(32-25-11-7-4-8-12-25)33-35(27(36)23-9-5-3-6-10-23)16-15-22-13-14-24(29)17-26(22)30/h3,5-6,9-10,13-14,17,20-21,25,31H,4,7-8,11-12,15-16,18-19H2,1-2H3,(H,32,33). The lowest BCUT2D eigenvalue weighted by Gasteiger charge is -2.40. The number of benzene rings is 2. The van der Waals surface area contributed by atoms with E-state index >= 15 is 0 Å². The first kappa shape index (κ1) is 26.8. The number of hydrazine groups is 1. The van der Waals surface area contributed by atoms with E-state index in [-0.39, 0.29) is 11.9 Å². The third-order valence-electron chi connectivity index (χ3n) is 6.86. The van der Waals surface area contributed by atoms with E-state index < -0.39 is 0 Å². The van der Waals surface area contributed by atoms with Crippen molar-refractivity contribution in [1.29, 1.82) is 0 Å². The van der Waals surface area contributed by atoms with Crippen molar-refractivity contribution in [2.24, 2.45) is 4.99 Å². The molecule has 0 aromatic heterocycles. The Bertz CT molecular complexity index is 1030. The van der Waals surface area contributed by atoms with Gasteiger partial charge in [-0.05, 0) is 62.9 Å². The first-order chi connectivity index (χ1) is 17.4. The molecule has 1 aliphatic carbocycles. The van der Waals surface area contributed by atoms with Crippen molar-refractivity contribution in [3.05, 3.63) is 69.7 Å². The van der Waals surface area contributed by atoms with Crippen LogP contribution >= 0.6 is 23.2 Å². The molecule has 2 aromatic rings. The van der Waals surface area contributed by atoms with Gasteiger partial charge in [0.2, 0.25) is 5.96 Å². The number of carbonyl (C=O) groups is 1. The van der Waals surface area contributed by atoms with Crippen LogP contribution in [0.2, 0.25) is 10.0 Å². The normalized spacial score (nSPS) is 21.3. The Balaban J connectivity index is 1.61. The van der Waals surface area contributed by atoms with Crippen molar-refractivity contribution >= 4 is 35.1 Å². The molecule has 1 amide bonds. The van der Waals surface area contributed by atoms with Crippen LogP contribution in [0.1, 0.15) is 61.9 Å². The zero-order chi connectivity index (χ0) is 25.5. The molecule has 2 aromatic carbocycles. The molecule has 194 valence electrons. The van der Waals surface area contributed by atoms with Crippen LogP contribution in [0, 0.1) is 0 Å². The summed E-state index contributed by atoms with van der Waals surface area (Å²) in [6, 6.07) is 15.8. The Labute approximate surface area is 225 Å². The van der Waals surface area contributed by atoms with Gasteiger partial charge in [0.05, 0.1) is 6.04 Å². The van der Waals surface area contributed by atoms with Gasteiger partial charge in [0.25, 0.3) is 5.91 Å². The smallest absolute Gasteiger partial charge is 0.272 e. The molecule has 2 unspecified atom stereocenters. The maximum absolute atomic E-state index is 13.7. The molecule has 1 saturated heterocycles. The summed E-state index contributed by atoms with van der Waals surface area (Å²) in [6.45, 7) is 6.49. The number of guanidine groups is 1. The van der Waals surface area contributed by atoms with Crippen LogP contribution in [0.15, 0.2) is 53.5 Å². The molecule has 2 N–H and O–H groups in total. The zero-order valence-electron chi connectivity index (χ0n) is 21.2. The number of piperazine rings is 1. The summed E-state index contributed by atoms with van der Waals surface area (Å²) in [6.07, 6.45) is 6.46. The second-order valence-electron chi connectivity index (χ2n) is 10.0. The third kappa shape index (κ3) is 7.37. The predicted molar refractivity (Wildman–Crippen MR) is 149 cm³/mol. The minimum Gasteiger partial charge on any atom is -0.338 e. The van der Waals surface area contributed by atoms with Gasteiger partial charge in [-0.1, -0.05) is 66.7 Å². The lowest BCUT2D eigenvalue weighted by molar-refractivity contribution is 0.0698. The number of hydrogen-bond donors (Lipinski definition) is 2. The summed E-state index contributed by atoms with van der Waals surface area (Å²) < 4.78 is 0. The van der Waals surface area contributed by atoms with Crippen molar-refractivity contribution < 1.29 is 4.79 Å². The summed E-state index contributed by atoms with van der Waals surface area (Å²) in [7, 11) is 0. The van der Waals surface area contributed by atoms with Crippen LogP contribution in [-0.4, -0.2) is 59.5 Å².